The minimum Gasteiger partial charge on any atom is -0.476 e. The Balaban J connectivity index is 2.14. The lowest BCUT2D eigenvalue weighted by Crippen LogP contribution is -2.35. The highest BCUT2D eigenvalue weighted by molar-refractivity contribution is 5.87. The Morgan fingerprint density at radius 2 is 2.39 bits per heavy atom. The summed E-state index contributed by atoms with van der Waals surface area (Å²) < 4.78 is 0. The summed E-state index contributed by atoms with van der Waals surface area (Å²) in [5, 5.41) is 12.8. The SMILES string of the molecule is CCc1cn(OC2CCCCC2=O)nc1C(=O)O. The summed E-state index contributed by atoms with van der Waals surface area (Å²) in [5.74, 6) is -1.02. The highest BCUT2D eigenvalue weighted by atomic mass is 16.7. The number of carboxylic acid groups (broad SMARTS) is 1. The molecule has 0 amide bonds. The molecule has 6 heteroatoms. The molecule has 1 unspecified atom stereocenters. The van der Waals surface area contributed by atoms with E-state index in [0.717, 1.165) is 17.7 Å². The van der Waals surface area contributed by atoms with Gasteiger partial charge in [0.1, 0.15) is 0 Å². The molecule has 0 bridgehead atoms. The van der Waals surface area contributed by atoms with Gasteiger partial charge in [-0.3, -0.25) is 4.79 Å². The first-order valence-electron chi connectivity index (χ1n) is 6.13. The van der Waals surface area contributed by atoms with Crippen LogP contribution in [-0.4, -0.2) is 32.9 Å². The van der Waals surface area contributed by atoms with Gasteiger partial charge in [0.15, 0.2) is 17.6 Å². The van der Waals surface area contributed by atoms with Gasteiger partial charge in [-0.05, 0) is 25.7 Å². The molecule has 6 nitrogen and oxygen atoms in total. The van der Waals surface area contributed by atoms with Crippen LogP contribution in [0.3, 0.4) is 0 Å². The average Bonchev–Trinajstić information content (AvgIpc) is 2.75. The van der Waals surface area contributed by atoms with Crippen molar-refractivity contribution in [3.8, 4) is 0 Å². The minimum atomic E-state index is -1.08. The number of carbonyl (C=O) groups is 2. The van der Waals surface area contributed by atoms with Crippen molar-refractivity contribution in [3.05, 3.63) is 17.5 Å². The summed E-state index contributed by atoms with van der Waals surface area (Å²) in [4.78, 5) is 29.1. The standard InChI is InChI=1S/C12H16N2O4/c1-2-8-7-14(13-11(8)12(16)17)18-10-6-4-3-5-9(10)15/h7,10H,2-6H2,1H3,(H,16,17). The van der Waals surface area contributed by atoms with Crippen molar-refractivity contribution < 1.29 is 19.5 Å². The Morgan fingerprint density at radius 1 is 1.61 bits per heavy atom. The first-order chi connectivity index (χ1) is 8.61. The zero-order valence-corrected chi connectivity index (χ0v) is 10.3. The number of hydrogen-bond acceptors (Lipinski definition) is 4. The molecule has 0 aromatic carbocycles. The van der Waals surface area contributed by atoms with E-state index in [2.05, 4.69) is 5.10 Å². The van der Waals surface area contributed by atoms with Crippen LogP contribution in [0.5, 0.6) is 0 Å². The number of carboxylic acids is 1. The molecule has 1 aliphatic carbocycles. The number of aromatic nitrogens is 2. The first-order valence-corrected chi connectivity index (χ1v) is 6.13. The topological polar surface area (TPSA) is 81.4 Å². The summed E-state index contributed by atoms with van der Waals surface area (Å²) in [5.41, 5.74) is 0.589. The minimum absolute atomic E-state index is 0.0132. The molecule has 1 saturated carbocycles. The van der Waals surface area contributed by atoms with E-state index in [1.165, 1.54) is 6.20 Å². The van der Waals surface area contributed by atoms with Crippen LogP contribution in [0.4, 0.5) is 0 Å². The predicted octanol–water partition coefficient (Wildman–Crippen LogP) is 1.08. The van der Waals surface area contributed by atoms with Gasteiger partial charge in [-0.2, -0.15) is 0 Å². The van der Waals surface area contributed by atoms with Gasteiger partial charge in [0.25, 0.3) is 0 Å². The number of ketones is 1. The second-order valence-electron chi connectivity index (χ2n) is 4.37. The molecule has 1 heterocycles. The monoisotopic (exact) mass is 252 g/mol. The molecule has 1 N–H and O–H groups in total. The Kier molecular flexibility index (Phi) is 3.64. The molecule has 1 atom stereocenters. The van der Waals surface area contributed by atoms with Crippen LogP contribution in [0.25, 0.3) is 0 Å². The Morgan fingerprint density at radius 3 is 2.94 bits per heavy atom. The van der Waals surface area contributed by atoms with Gasteiger partial charge in [-0.15, -0.1) is 9.94 Å². The molecule has 0 spiro atoms. The maximum absolute atomic E-state index is 11.6. The molecule has 0 radical (unpaired) electrons. The molecule has 1 aromatic heterocycles. The number of hydrogen-bond donors (Lipinski definition) is 1. The number of rotatable bonds is 4. The van der Waals surface area contributed by atoms with E-state index < -0.39 is 12.1 Å². The molecule has 2 rings (SSSR count). The van der Waals surface area contributed by atoms with Crippen molar-refractivity contribution >= 4 is 11.8 Å². The lowest BCUT2D eigenvalue weighted by molar-refractivity contribution is -0.134. The maximum Gasteiger partial charge on any atom is 0.356 e. The van der Waals surface area contributed by atoms with Gasteiger partial charge >= 0.3 is 5.97 Å². The maximum atomic E-state index is 11.6. The smallest absolute Gasteiger partial charge is 0.356 e. The van der Waals surface area contributed by atoms with Crippen molar-refractivity contribution in [3.63, 3.8) is 0 Å². The second kappa shape index (κ2) is 5.20. The zero-order chi connectivity index (χ0) is 13.1. The summed E-state index contributed by atoms with van der Waals surface area (Å²) in [7, 11) is 0. The van der Waals surface area contributed by atoms with Gasteiger partial charge < -0.3 is 9.94 Å². The molecule has 1 fully saturated rings. The average molecular weight is 252 g/mol. The third-order valence-electron chi connectivity index (χ3n) is 3.09. The molecule has 98 valence electrons. The summed E-state index contributed by atoms with van der Waals surface area (Å²) >= 11 is 0. The molecule has 0 saturated heterocycles. The molecule has 18 heavy (non-hydrogen) atoms. The fourth-order valence-electron chi connectivity index (χ4n) is 2.07. The molecular formula is C12H16N2O4. The predicted molar refractivity (Wildman–Crippen MR) is 62.4 cm³/mol. The van der Waals surface area contributed by atoms with Crippen LogP contribution in [0.2, 0.25) is 0 Å². The largest absolute Gasteiger partial charge is 0.476 e. The fourth-order valence-corrected chi connectivity index (χ4v) is 2.07. The van der Waals surface area contributed by atoms with Crippen molar-refractivity contribution in [2.24, 2.45) is 0 Å². The van der Waals surface area contributed by atoms with E-state index in [-0.39, 0.29) is 11.5 Å². The van der Waals surface area contributed by atoms with Gasteiger partial charge in [0.05, 0.1) is 6.20 Å². The number of aryl methyl sites for hydroxylation is 1. The van der Waals surface area contributed by atoms with E-state index in [1.54, 1.807) is 0 Å². The van der Waals surface area contributed by atoms with Crippen LogP contribution in [-0.2, 0) is 11.2 Å². The van der Waals surface area contributed by atoms with Crippen LogP contribution in [0.15, 0.2) is 6.20 Å². The molecule has 1 aromatic rings. The first kappa shape index (κ1) is 12.6. The number of aromatic carboxylic acids is 1. The molecular weight excluding hydrogens is 236 g/mol. The van der Waals surface area contributed by atoms with Crippen molar-refractivity contribution in [1.82, 2.24) is 9.94 Å². The van der Waals surface area contributed by atoms with Crippen LogP contribution >= 0.6 is 0 Å². The van der Waals surface area contributed by atoms with E-state index in [0.29, 0.717) is 24.8 Å². The fraction of sp³-hybridized carbons (Fsp3) is 0.583. The second-order valence-corrected chi connectivity index (χ2v) is 4.37. The van der Waals surface area contributed by atoms with Gasteiger partial charge in [-0.1, -0.05) is 6.92 Å². The van der Waals surface area contributed by atoms with Crippen molar-refractivity contribution in [2.45, 2.75) is 45.1 Å². The Hall–Kier alpha value is -1.85. The quantitative estimate of drug-likeness (QED) is 0.867. The van der Waals surface area contributed by atoms with Crippen molar-refractivity contribution in [1.29, 1.82) is 0 Å². The van der Waals surface area contributed by atoms with Gasteiger partial charge in [-0.25, -0.2) is 4.79 Å². The Bertz CT molecular complexity index is 467. The van der Waals surface area contributed by atoms with Crippen LogP contribution < -0.4 is 4.84 Å². The number of nitrogens with zero attached hydrogens (tertiary/aromatic N) is 2. The zero-order valence-electron chi connectivity index (χ0n) is 10.3. The van der Waals surface area contributed by atoms with E-state index >= 15 is 0 Å². The third-order valence-corrected chi connectivity index (χ3v) is 3.09. The Labute approximate surface area is 105 Å². The lowest BCUT2D eigenvalue weighted by Gasteiger charge is -2.20. The van der Waals surface area contributed by atoms with E-state index in [4.69, 9.17) is 9.94 Å². The van der Waals surface area contributed by atoms with Gasteiger partial charge in [0.2, 0.25) is 0 Å². The molecule has 0 aliphatic heterocycles. The summed E-state index contributed by atoms with van der Waals surface area (Å²) in [6.07, 6.45) is 4.64. The highest BCUT2D eigenvalue weighted by Crippen LogP contribution is 2.16. The highest BCUT2D eigenvalue weighted by Gasteiger charge is 2.25. The lowest BCUT2D eigenvalue weighted by atomic mass is 9.97. The van der Waals surface area contributed by atoms with Crippen molar-refractivity contribution in [2.75, 3.05) is 0 Å². The third kappa shape index (κ3) is 2.52. The normalized spacial score (nSPS) is 19.8. The number of Topliss-reactive ketones (excluding diaryl/α,β-unsaturated/α-hetero) is 1. The summed E-state index contributed by atoms with van der Waals surface area (Å²) in [6, 6.07) is 0. The van der Waals surface area contributed by atoms with Crippen LogP contribution in [0.1, 0.15) is 48.7 Å². The molecule has 1 aliphatic rings. The number of carbonyl (C=O) groups excluding carboxylic acids is 1. The van der Waals surface area contributed by atoms with E-state index in [1.807, 2.05) is 6.92 Å². The van der Waals surface area contributed by atoms with Gasteiger partial charge in [0, 0.05) is 12.0 Å². The summed E-state index contributed by atoms with van der Waals surface area (Å²) in [6.45, 7) is 1.85. The van der Waals surface area contributed by atoms with E-state index in [9.17, 15) is 9.59 Å². The van der Waals surface area contributed by atoms with Crippen LogP contribution in [0, 0.1) is 0 Å².